The lowest BCUT2D eigenvalue weighted by Gasteiger charge is -2.10. The highest BCUT2D eigenvalue weighted by Gasteiger charge is 2.17. The smallest absolute Gasteiger partial charge is 0.284 e. The Balaban J connectivity index is 1.58. The first kappa shape index (κ1) is 19.8. The summed E-state index contributed by atoms with van der Waals surface area (Å²) < 4.78 is 34.5. The number of hydrogen-bond acceptors (Lipinski definition) is 7. The second-order valence-corrected chi connectivity index (χ2v) is 8.92. The number of ether oxygens (including phenoxy) is 1. The van der Waals surface area contributed by atoms with Crippen LogP contribution in [0.1, 0.15) is 9.67 Å². The Hall–Kier alpha value is -3.47. The molecule has 3 N–H and O–H groups in total. The third-order valence-electron chi connectivity index (χ3n) is 4.08. The van der Waals surface area contributed by atoms with Gasteiger partial charge in [-0.3, -0.25) is 14.7 Å². The molecule has 8 nitrogen and oxygen atoms in total. The molecule has 4 rings (SSSR count). The number of anilines is 1. The Labute approximate surface area is 175 Å². The van der Waals surface area contributed by atoms with E-state index >= 15 is 0 Å². The van der Waals surface area contributed by atoms with Gasteiger partial charge in [0.25, 0.3) is 15.9 Å². The Bertz CT molecular complexity index is 1320. The minimum Gasteiger partial charge on any atom is -0.439 e. The van der Waals surface area contributed by atoms with Gasteiger partial charge < -0.3 is 4.74 Å². The van der Waals surface area contributed by atoms with Crippen LogP contribution < -0.4 is 14.9 Å². The summed E-state index contributed by atoms with van der Waals surface area (Å²) in [5.74, 6) is 0.0659. The van der Waals surface area contributed by atoms with E-state index in [1.165, 1.54) is 29.7 Å². The van der Waals surface area contributed by atoms with Crippen LogP contribution in [0.4, 0.5) is 5.69 Å². The third kappa shape index (κ3) is 4.25. The van der Waals surface area contributed by atoms with Gasteiger partial charge in [-0.1, -0.05) is 18.2 Å². The van der Waals surface area contributed by atoms with E-state index < -0.39 is 15.9 Å². The number of nitrogens with one attached hydrogen (secondary N) is 2. The number of fused-ring (bicyclic) bond motifs is 1. The summed E-state index contributed by atoms with van der Waals surface area (Å²) in [7, 11) is -3.90. The molecule has 0 bridgehead atoms. The van der Waals surface area contributed by atoms with E-state index in [0.717, 1.165) is 4.70 Å². The molecule has 10 heteroatoms. The van der Waals surface area contributed by atoms with Crippen LogP contribution in [-0.2, 0) is 10.0 Å². The lowest BCUT2D eigenvalue weighted by atomic mass is 10.2. The van der Waals surface area contributed by atoms with Crippen molar-refractivity contribution in [1.29, 1.82) is 0 Å². The molecule has 1 amide bonds. The number of thiophene rings is 1. The van der Waals surface area contributed by atoms with E-state index in [2.05, 4.69) is 9.71 Å². The maximum Gasteiger partial charge on any atom is 0.284 e. The Morgan fingerprint density at radius 3 is 2.60 bits per heavy atom. The molecule has 0 atom stereocenters. The molecule has 0 radical (unpaired) electrons. The SMILES string of the molecule is O=C(NO)c1cc2cc(NS(=O)(=O)c3ccnc(Oc4ccccc4)c3)ccc2s1. The number of amides is 1. The molecule has 152 valence electrons. The van der Waals surface area contributed by atoms with Crippen LogP contribution in [0.25, 0.3) is 10.1 Å². The summed E-state index contributed by atoms with van der Waals surface area (Å²) in [5.41, 5.74) is 1.91. The highest BCUT2D eigenvalue weighted by atomic mass is 32.2. The van der Waals surface area contributed by atoms with Gasteiger partial charge >= 0.3 is 0 Å². The lowest BCUT2D eigenvalue weighted by Crippen LogP contribution is -2.16. The van der Waals surface area contributed by atoms with Crippen molar-refractivity contribution in [2.45, 2.75) is 4.90 Å². The number of rotatable bonds is 6. The molecule has 2 heterocycles. The van der Waals surface area contributed by atoms with E-state index in [1.54, 1.807) is 54.0 Å². The largest absolute Gasteiger partial charge is 0.439 e. The second-order valence-electron chi connectivity index (χ2n) is 6.15. The highest BCUT2D eigenvalue weighted by Crippen LogP contribution is 2.29. The zero-order valence-electron chi connectivity index (χ0n) is 15.3. The van der Waals surface area contributed by atoms with Crippen molar-refractivity contribution in [2.24, 2.45) is 0 Å². The third-order valence-corrected chi connectivity index (χ3v) is 6.57. The van der Waals surface area contributed by atoms with Gasteiger partial charge in [0.15, 0.2) is 0 Å². The van der Waals surface area contributed by atoms with Crippen LogP contribution in [-0.4, -0.2) is 24.5 Å². The molecule has 0 aliphatic carbocycles. The topological polar surface area (TPSA) is 118 Å². The van der Waals surface area contributed by atoms with Gasteiger partial charge in [0, 0.05) is 22.7 Å². The van der Waals surface area contributed by atoms with Crippen molar-refractivity contribution >= 4 is 43.0 Å². The lowest BCUT2D eigenvalue weighted by molar-refractivity contribution is 0.0711. The molecular formula is C20H15N3O5S2. The summed E-state index contributed by atoms with van der Waals surface area (Å²) in [6, 6.07) is 18.1. The van der Waals surface area contributed by atoms with Crippen LogP contribution in [0.2, 0.25) is 0 Å². The molecule has 30 heavy (non-hydrogen) atoms. The van der Waals surface area contributed by atoms with Crippen molar-refractivity contribution in [3.05, 3.63) is 77.8 Å². The maximum atomic E-state index is 12.8. The molecule has 0 fully saturated rings. The zero-order chi connectivity index (χ0) is 21.1. The number of nitrogens with zero attached hydrogens (tertiary/aromatic N) is 1. The van der Waals surface area contributed by atoms with Gasteiger partial charge in [-0.05, 0) is 47.9 Å². The number of benzene rings is 2. The maximum absolute atomic E-state index is 12.8. The van der Waals surface area contributed by atoms with E-state index in [0.29, 0.717) is 21.7 Å². The van der Waals surface area contributed by atoms with Gasteiger partial charge in [-0.15, -0.1) is 11.3 Å². The van der Waals surface area contributed by atoms with Crippen molar-refractivity contribution < 1.29 is 23.2 Å². The molecule has 0 saturated heterocycles. The Morgan fingerprint density at radius 2 is 1.83 bits per heavy atom. The summed E-state index contributed by atoms with van der Waals surface area (Å²) in [6.07, 6.45) is 1.36. The Morgan fingerprint density at radius 1 is 1.03 bits per heavy atom. The molecule has 0 unspecified atom stereocenters. The number of pyridine rings is 1. The van der Waals surface area contributed by atoms with E-state index in [4.69, 9.17) is 9.94 Å². The van der Waals surface area contributed by atoms with Crippen LogP contribution >= 0.6 is 11.3 Å². The first-order valence-electron chi connectivity index (χ1n) is 8.64. The molecular weight excluding hydrogens is 426 g/mol. The fraction of sp³-hybridized carbons (Fsp3) is 0. The second kappa shape index (κ2) is 8.11. The monoisotopic (exact) mass is 441 g/mol. The fourth-order valence-corrected chi connectivity index (χ4v) is 4.70. The number of hydroxylamine groups is 1. The van der Waals surface area contributed by atoms with Crippen molar-refractivity contribution in [3.8, 4) is 11.6 Å². The number of aromatic nitrogens is 1. The van der Waals surface area contributed by atoms with Crippen LogP contribution in [0.3, 0.4) is 0 Å². The number of carbonyl (C=O) groups excluding carboxylic acids is 1. The number of carbonyl (C=O) groups is 1. The number of para-hydroxylation sites is 1. The minimum atomic E-state index is -3.90. The van der Waals surface area contributed by atoms with Gasteiger partial charge in [0.05, 0.1) is 9.77 Å². The predicted molar refractivity (Wildman–Crippen MR) is 113 cm³/mol. The van der Waals surface area contributed by atoms with Gasteiger partial charge in [-0.25, -0.2) is 18.9 Å². The van der Waals surface area contributed by atoms with Crippen molar-refractivity contribution in [2.75, 3.05) is 4.72 Å². The predicted octanol–water partition coefficient (Wildman–Crippen LogP) is 4.01. The molecule has 0 aliphatic rings. The summed E-state index contributed by atoms with van der Waals surface area (Å²) in [5, 5.41) is 9.43. The first-order chi connectivity index (χ1) is 14.4. The van der Waals surface area contributed by atoms with Crippen molar-refractivity contribution in [1.82, 2.24) is 10.5 Å². The molecule has 2 aromatic heterocycles. The van der Waals surface area contributed by atoms with Crippen molar-refractivity contribution in [3.63, 3.8) is 0 Å². The summed E-state index contributed by atoms with van der Waals surface area (Å²) >= 11 is 1.18. The average molecular weight is 441 g/mol. The van der Waals surface area contributed by atoms with Gasteiger partial charge in [0.2, 0.25) is 5.88 Å². The van der Waals surface area contributed by atoms with Gasteiger partial charge in [0.1, 0.15) is 5.75 Å². The van der Waals surface area contributed by atoms with E-state index in [1.807, 2.05) is 6.07 Å². The minimum absolute atomic E-state index is 0.00538. The summed E-state index contributed by atoms with van der Waals surface area (Å²) in [4.78, 5) is 15.9. The number of sulfonamides is 1. The number of hydrogen-bond donors (Lipinski definition) is 3. The molecule has 0 spiro atoms. The molecule has 4 aromatic rings. The standard InChI is InChI=1S/C20H15N3O5S2/c24-20(22-25)18-11-13-10-14(6-7-17(13)29-18)23-30(26,27)16-8-9-21-19(12-16)28-15-4-2-1-3-5-15/h1-12,23,25H,(H,22,24). The molecule has 2 aromatic carbocycles. The fourth-order valence-electron chi connectivity index (χ4n) is 2.71. The van der Waals surface area contributed by atoms with Crippen LogP contribution in [0.15, 0.2) is 77.8 Å². The molecule has 0 saturated carbocycles. The van der Waals surface area contributed by atoms with Gasteiger partial charge in [-0.2, -0.15) is 0 Å². The molecule has 0 aliphatic heterocycles. The Kier molecular flexibility index (Phi) is 5.36. The van der Waals surface area contributed by atoms with E-state index in [9.17, 15) is 13.2 Å². The first-order valence-corrected chi connectivity index (χ1v) is 10.9. The summed E-state index contributed by atoms with van der Waals surface area (Å²) in [6.45, 7) is 0. The normalized spacial score (nSPS) is 11.2. The zero-order valence-corrected chi connectivity index (χ0v) is 16.9. The highest BCUT2D eigenvalue weighted by molar-refractivity contribution is 7.92. The van der Waals surface area contributed by atoms with Crippen LogP contribution in [0, 0.1) is 0 Å². The quantitative estimate of drug-likeness (QED) is 0.307. The van der Waals surface area contributed by atoms with E-state index in [-0.39, 0.29) is 10.8 Å². The van der Waals surface area contributed by atoms with Crippen LogP contribution in [0.5, 0.6) is 11.6 Å². The average Bonchev–Trinajstić information content (AvgIpc) is 3.17.